The Labute approximate surface area is 250 Å². The largest absolute Gasteiger partial charge is 0.462 e. The summed E-state index contributed by atoms with van der Waals surface area (Å²) in [6, 6.07) is 20.3. The highest BCUT2D eigenvalue weighted by molar-refractivity contribution is 5.97. The van der Waals surface area contributed by atoms with Crippen molar-refractivity contribution in [2.45, 2.75) is 102 Å². The van der Waals surface area contributed by atoms with Gasteiger partial charge in [0.1, 0.15) is 11.5 Å². The standard InChI is InChI=1S/C37H44O5/c1-2-3-4-5-6-7-8-9-10-11-12-13-14-19-26-40-35(38)28-24-25-32-34(27-28)41-33-23-18-17-22-31(33)37(32)30-21-16-15-20-29(30)36(39)42-37/h15-18,20-25,27H,2-14,19,26H2,1H3. The van der Waals surface area contributed by atoms with Gasteiger partial charge in [0, 0.05) is 16.7 Å². The summed E-state index contributed by atoms with van der Waals surface area (Å²) in [5.41, 5.74) is 2.09. The van der Waals surface area contributed by atoms with Gasteiger partial charge in [-0.3, -0.25) is 0 Å². The molecule has 0 aromatic heterocycles. The van der Waals surface area contributed by atoms with Gasteiger partial charge in [0.15, 0.2) is 5.60 Å². The zero-order valence-corrected chi connectivity index (χ0v) is 25.0. The molecule has 0 radical (unpaired) electrons. The number of hydrogen-bond donors (Lipinski definition) is 0. The number of carbonyl (C=O) groups is 2. The molecule has 1 spiro atoms. The van der Waals surface area contributed by atoms with Crippen molar-refractivity contribution < 1.29 is 23.8 Å². The Kier molecular flexibility index (Phi) is 10.3. The third-order valence-corrected chi connectivity index (χ3v) is 8.59. The van der Waals surface area contributed by atoms with Crippen LogP contribution in [-0.4, -0.2) is 18.5 Å². The van der Waals surface area contributed by atoms with Gasteiger partial charge in [-0.2, -0.15) is 0 Å². The van der Waals surface area contributed by atoms with E-state index in [0.717, 1.165) is 24.0 Å². The van der Waals surface area contributed by atoms with E-state index in [1.54, 1.807) is 18.2 Å². The lowest BCUT2D eigenvalue weighted by Gasteiger charge is -2.36. The predicted octanol–water partition coefficient (Wildman–Crippen LogP) is 9.89. The average Bonchev–Trinajstić information content (AvgIpc) is 3.31. The first-order valence-electron chi connectivity index (χ1n) is 16.1. The van der Waals surface area contributed by atoms with Crippen molar-refractivity contribution in [2.24, 2.45) is 0 Å². The Morgan fingerprint density at radius 3 is 1.93 bits per heavy atom. The number of fused-ring (bicyclic) bond motifs is 6. The fourth-order valence-corrected chi connectivity index (χ4v) is 6.30. The van der Waals surface area contributed by atoms with Crippen molar-refractivity contribution in [3.63, 3.8) is 0 Å². The number of para-hydroxylation sites is 1. The zero-order valence-electron chi connectivity index (χ0n) is 25.0. The molecular weight excluding hydrogens is 524 g/mol. The Bertz CT molecular complexity index is 1360. The van der Waals surface area contributed by atoms with Crippen LogP contribution in [0.1, 0.15) is 134 Å². The molecule has 2 heterocycles. The topological polar surface area (TPSA) is 61.8 Å². The van der Waals surface area contributed by atoms with E-state index in [-0.39, 0.29) is 11.9 Å². The maximum Gasteiger partial charge on any atom is 0.340 e. The minimum absolute atomic E-state index is 0.368. The number of esters is 2. The quantitative estimate of drug-likeness (QED) is 0.127. The molecule has 42 heavy (non-hydrogen) atoms. The van der Waals surface area contributed by atoms with Crippen LogP contribution < -0.4 is 4.74 Å². The molecule has 3 aromatic carbocycles. The molecule has 0 N–H and O–H groups in total. The second kappa shape index (κ2) is 14.5. The SMILES string of the molecule is CCCCCCCCCCCCCCCCOC(=O)c1ccc2c(c1)Oc1ccccc1C21OC(=O)c2ccccc21. The summed E-state index contributed by atoms with van der Waals surface area (Å²) in [5, 5.41) is 0. The van der Waals surface area contributed by atoms with Crippen molar-refractivity contribution in [1.82, 2.24) is 0 Å². The van der Waals surface area contributed by atoms with Gasteiger partial charge in [-0.25, -0.2) is 9.59 Å². The van der Waals surface area contributed by atoms with Crippen molar-refractivity contribution in [3.05, 3.63) is 94.5 Å². The van der Waals surface area contributed by atoms with Crippen LogP contribution in [0.2, 0.25) is 0 Å². The van der Waals surface area contributed by atoms with Crippen LogP contribution in [0.4, 0.5) is 0 Å². The van der Waals surface area contributed by atoms with E-state index in [0.29, 0.717) is 34.8 Å². The van der Waals surface area contributed by atoms with E-state index in [4.69, 9.17) is 14.2 Å². The Hall–Kier alpha value is -3.60. The average molecular weight is 569 g/mol. The molecule has 0 saturated carbocycles. The van der Waals surface area contributed by atoms with Gasteiger partial charge in [-0.15, -0.1) is 0 Å². The molecule has 0 amide bonds. The summed E-state index contributed by atoms with van der Waals surface area (Å²) in [5.74, 6) is 0.351. The van der Waals surface area contributed by atoms with E-state index in [1.807, 2.05) is 48.5 Å². The molecular formula is C37H44O5. The Morgan fingerprint density at radius 2 is 1.24 bits per heavy atom. The van der Waals surface area contributed by atoms with Crippen LogP contribution in [0.15, 0.2) is 66.7 Å². The maximum absolute atomic E-state index is 12.9. The minimum Gasteiger partial charge on any atom is -0.462 e. The molecule has 0 bridgehead atoms. The Morgan fingerprint density at radius 1 is 0.667 bits per heavy atom. The van der Waals surface area contributed by atoms with E-state index >= 15 is 0 Å². The summed E-state index contributed by atoms with van der Waals surface area (Å²) in [6.45, 7) is 2.68. The monoisotopic (exact) mass is 568 g/mol. The second-order valence-corrected chi connectivity index (χ2v) is 11.7. The third kappa shape index (κ3) is 6.56. The lowest BCUT2D eigenvalue weighted by Crippen LogP contribution is -2.33. The van der Waals surface area contributed by atoms with Gasteiger partial charge in [0.25, 0.3) is 0 Å². The third-order valence-electron chi connectivity index (χ3n) is 8.59. The van der Waals surface area contributed by atoms with E-state index in [2.05, 4.69) is 6.92 Å². The smallest absolute Gasteiger partial charge is 0.340 e. The normalized spacial score (nSPS) is 16.4. The summed E-state index contributed by atoms with van der Waals surface area (Å²) in [4.78, 5) is 25.8. The van der Waals surface area contributed by atoms with Crippen molar-refractivity contribution >= 4 is 11.9 Å². The summed E-state index contributed by atoms with van der Waals surface area (Å²) >= 11 is 0. The van der Waals surface area contributed by atoms with Crippen LogP contribution in [0.5, 0.6) is 11.5 Å². The molecule has 0 saturated heterocycles. The number of benzene rings is 3. The molecule has 1 atom stereocenters. The molecule has 5 heteroatoms. The zero-order chi connectivity index (χ0) is 29.2. The molecule has 1 unspecified atom stereocenters. The summed E-state index contributed by atoms with van der Waals surface area (Å²) in [6.07, 6.45) is 18.0. The highest BCUT2D eigenvalue weighted by atomic mass is 16.6. The number of hydrogen-bond acceptors (Lipinski definition) is 5. The van der Waals surface area contributed by atoms with Crippen molar-refractivity contribution in [1.29, 1.82) is 0 Å². The van der Waals surface area contributed by atoms with Gasteiger partial charge in [0.2, 0.25) is 0 Å². The highest BCUT2D eigenvalue weighted by Crippen LogP contribution is 2.56. The first-order chi connectivity index (χ1) is 20.6. The number of rotatable bonds is 16. The molecule has 5 rings (SSSR count). The first kappa shape index (κ1) is 29.9. The fourth-order valence-electron chi connectivity index (χ4n) is 6.30. The predicted molar refractivity (Wildman–Crippen MR) is 165 cm³/mol. The molecule has 3 aromatic rings. The van der Waals surface area contributed by atoms with Gasteiger partial charge < -0.3 is 14.2 Å². The van der Waals surface area contributed by atoms with Gasteiger partial charge in [0.05, 0.1) is 17.7 Å². The summed E-state index contributed by atoms with van der Waals surface area (Å²) in [7, 11) is 0. The molecule has 0 aliphatic carbocycles. The van der Waals surface area contributed by atoms with Gasteiger partial charge in [-0.1, -0.05) is 127 Å². The second-order valence-electron chi connectivity index (χ2n) is 11.7. The van der Waals surface area contributed by atoms with Gasteiger partial charge >= 0.3 is 11.9 Å². The molecule has 222 valence electrons. The number of unbranched alkanes of at least 4 members (excludes halogenated alkanes) is 13. The first-order valence-corrected chi connectivity index (χ1v) is 16.1. The van der Waals surface area contributed by atoms with Crippen LogP contribution in [0.3, 0.4) is 0 Å². The van der Waals surface area contributed by atoms with Crippen LogP contribution in [0.25, 0.3) is 0 Å². The Balaban J connectivity index is 1.09. The molecule has 5 nitrogen and oxygen atoms in total. The molecule has 2 aliphatic heterocycles. The van der Waals surface area contributed by atoms with Crippen molar-refractivity contribution in [3.8, 4) is 11.5 Å². The maximum atomic E-state index is 12.9. The van der Waals surface area contributed by atoms with E-state index < -0.39 is 5.60 Å². The lowest BCUT2D eigenvalue weighted by molar-refractivity contribution is 0.0223. The van der Waals surface area contributed by atoms with Crippen LogP contribution >= 0.6 is 0 Å². The molecule has 2 aliphatic rings. The summed E-state index contributed by atoms with van der Waals surface area (Å²) < 4.78 is 18.0. The number of ether oxygens (including phenoxy) is 3. The minimum atomic E-state index is -1.12. The van der Waals surface area contributed by atoms with Crippen LogP contribution in [-0.2, 0) is 15.1 Å². The van der Waals surface area contributed by atoms with Gasteiger partial charge in [-0.05, 0) is 36.8 Å². The number of carbonyl (C=O) groups excluding carboxylic acids is 2. The van der Waals surface area contributed by atoms with E-state index in [1.165, 1.54) is 77.0 Å². The lowest BCUT2D eigenvalue weighted by atomic mass is 9.77. The van der Waals surface area contributed by atoms with Crippen LogP contribution in [0, 0.1) is 0 Å². The molecule has 0 fully saturated rings. The van der Waals surface area contributed by atoms with E-state index in [9.17, 15) is 9.59 Å². The fraction of sp³-hybridized carbons (Fsp3) is 0.459. The highest BCUT2D eigenvalue weighted by Gasteiger charge is 2.53. The van der Waals surface area contributed by atoms with Crippen molar-refractivity contribution in [2.75, 3.05) is 6.61 Å².